The summed E-state index contributed by atoms with van der Waals surface area (Å²) in [6.45, 7) is 1.70. The third-order valence-corrected chi connectivity index (χ3v) is 4.13. The molecule has 0 fully saturated rings. The van der Waals surface area contributed by atoms with Crippen molar-refractivity contribution in [3.8, 4) is 11.1 Å². The fourth-order valence-corrected chi connectivity index (χ4v) is 2.82. The quantitative estimate of drug-likeness (QED) is 0.652. The molecule has 1 heterocycles. The maximum atomic E-state index is 12.8. The van der Waals surface area contributed by atoms with Gasteiger partial charge in [-0.2, -0.15) is 18.3 Å². The number of nitrogens with one attached hydrogen (secondary N) is 1. The van der Waals surface area contributed by atoms with E-state index in [2.05, 4.69) is 15.5 Å². The average Bonchev–Trinajstić information content (AvgIpc) is 2.63. The summed E-state index contributed by atoms with van der Waals surface area (Å²) in [5.41, 5.74) is 1.25. The van der Waals surface area contributed by atoms with Gasteiger partial charge in [-0.25, -0.2) is 0 Å². The van der Waals surface area contributed by atoms with Crippen LogP contribution in [0.25, 0.3) is 11.1 Å². The second-order valence-electron chi connectivity index (χ2n) is 5.72. The highest BCUT2D eigenvalue weighted by atomic mass is 35.5. The number of halogens is 4. The largest absolute Gasteiger partial charge is 0.416 e. The summed E-state index contributed by atoms with van der Waals surface area (Å²) >= 11 is 6.11. The van der Waals surface area contributed by atoms with E-state index in [-0.39, 0.29) is 16.4 Å². The van der Waals surface area contributed by atoms with Gasteiger partial charge >= 0.3 is 6.18 Å². The Balaban J connectivity index is 1.97. The van der Waals surface area contributed by atoms with Gasteiger partial charge in [0.05, 0.1) is 16.8 Å². The molecule has 0 saturated heterocycles. The Morgan fingerprint density at radius 1 is 1.00 bits per heavy atom. The minimum Gasteiger partial charge on any atom is -0.322 e. The molecule has 3 rings (SSSR count). The number of aryl methyl sites for hydroxylation is 1. The molecule has 1 amide bonds. The number of hydrogen-bond acceptors (Lipinski definition) is 3. The number of amides is 1. The van der Waals surface area contributed by atoms with Crippen LogP contribution in [0.3, 0.4) is 0 Å². The first-order chi connectivity index (χ1) is 12.8. The number of alkyl halides is 3. The summed E-state index contributed by atoms with van der Waals surface area (Å²) < 4.78 is 38.0. The molecule has 1 N–H and O–H groups in total. The van der Waals surface area contributed by atoms with Crippen molar-refractivity contribution < 1.29 is 18.0 Å². The second kappa shape index (κ2) is 7.36. The first-order valence-corrected chi connectivity index (χ1v) is 8.22. The molecule has 0 bridgehead atoms. The number of rotatable bonds is 3. The molecule has 0 aliphatic heterocycles. The summed E-state index contributed by atoms with van der Waals surface area (Å²) in [6.07, 6.45) is -4.45. The van der Waals surface area contributed by atoms with Crippen molar-refractivity contribution >= 4 is 23.2 Å². The van der Waals surface area contributed by atoms with Gasteiger partial charge in [-0.05, 0) is 36.8 Å². The van der Waals surface area contributed by atoms with Crippen molar-refractivity contribution in [1.29, 1.82) is 0 Å². The molecule has 0 aliphatic rings. The van der Waals surface area contributed by atoms with Crippen LogP contribution in [0.5, 0.6) is 0 Å². The standard InChI is InChI=1S/C19H13ClF3N3O/c1-11-15(12-5-3-2-4-6-12)16(17(20)26-25-11)18(27)24-14-9-7-13(8-10-14)19(21,22)23/h2-10H,1H3,(H,24,27). The third-order valence-electron chi connectivity index (χ3n) is 3.87. The zero-order valence-electron chi connectivity index (χ0n) is 14.0. The third kappa shape index (κ3) is 4.09. The number of hydrogen-bond donors (Lipinski definition) is 1. The van der Waals surface area contributed by atoms with Crippen molar-refractivity contribution in [3.63, 3.8) is 0 Å². The topological polar surface area (TPSA) is 54.9 Å². The van der Waals surface area contributed by atoms with Crippen LogP contribution in [-0.2, 0) is 6.18 Å². The molecule has 0 saturated carbocycles. The maximum Gasteiger partial charge on any atom is 0.416 e. The molecule has 3 aromatic rings. The van der Waals surface area contributed by atoms with Crippen LogP contribution in [0.15, 0.2) is 54.6 Å². The van der Waals surface area contributed by atoms with E-state index in [1.807, 2.05) is 6.07 Å². The molecule has 2 aromatic carbocycles. The fraction of sp³-hybridized carbons (Fsp3) is 0.105. The van der Waals surface area contributed by atoms with Crippen molar-refractivity contribution in [2.75, 3.05) is 5.32 Å². The molecule has 0 unspecified atom stereocenters. The molecular formula is C19H13ClF3N3O. The number of aromatic nitrogens is 2. The highest BCUT2D eigenvalue weighted by Crippen LogP contribution is 2.32. The first kappa shape index (κ1) is 18.8. The van der Waals surface area contributed by atoms with Gasteiger partial charge in [-0.3, -0.25) is 4.79 Å². The molecule has 138 valence electrons. The summed E-state index contributed by atoms with van der Waals surface area (Å²) in [5, 5.41) is 10.2. The van der Waals surface area contributed by atoms with Gasteiger partial charge in [0.15, 0.2) is 5.15 Å². The van der Waals surface area contributed by atoms with Gasteiger partial charge in [0.25, 0.3) is 5.91 Å². The van der Waals surface area contributed by atoms with Crippen molar-refractivity contribution in [3.05, 3.63) is 76.6 Å². The number of nitrogens with zero attached hydrogens (tertiary/aromatic N) is 2. The van der Waals surface area contributed by atoms with Gasteiger partial charge in [0.2, 0.25) is 0 Å². The minimum absolute atomic E-state index is 0.0936. The predicted molar refractivity (Wildman–Crippen MR) is 96.6 cm³/mol. The summed E-state index contributed by atoms with van der Waals surface area (Å²) in [6, 6.07) is 13.2. The molecule has 0 spiro atoms. The predicted octanol–water partition coefficient (Wildman–Crippen LogP) is 5.38. The van der Waals surface area contributed by atoms with E-state index in [1.54, 1.807) is 31.2 Å². The molecule has 27 heavy (non-hydrogen) atoms. The monoisotopic (exact) mass is 391 g/mol. The Kier molecular flexibility index (Phi) is 5.14. The molecule has 1 aromatic heterocycles. The molecule has 4 nitrogen and oxygen atoms in total. The van der Waals surface area contributed by atoms with E-state index in [0.29, 0.717) is 11.3 Å². The summed E-state index contributed by atoms with van der Waals surface area (Å²) in [5.74, 6) is -0.586. The Morgan fingerprint density at radius 3 is 2.22 bits per heavy atom. The van der Waals surface area contributed by atoms with Gasteiger partial charge in [0, 0.05) is 11.3 Å². The van der Waals surface area contributed by atoms with Crippen molar-refractivity contribution in [1.82, 2.24) is 10.2 Å². The lowest BCUT2D eigenvalue weighted by molar-refractivity contribution is -0.137. The second-order valence-corrected chi connectivity index (χ2v) is 6.08. The van der Waals surface area contributed by atoms with Gasteiger partial charge in [-0.15, -0.1) is 5.10 Å². The van der Waals surface area contributed by atoms with E-state index in [0.717, 1.165) is 17.7 Å². The number of anilines is 1. The lowest BCUT2D eigenvalue weighted by Gasteiger charge is -2.14. The molecular weight excluding hydrogens is 379 g/mol. The van der Waals surface area contributed by atoms with Crippen LogP contribution < -0.4 is 5.32 Å². The summed E-state index contributed by atoms with van der Waals surface area (Å²) in [7, 11) is 0. The minimum atomic E-state index is -4.45. The van der Waals surface area contributed by atoms with Crippen LogP contribution >= 0.6 is 11.6 Å². The van der Waals surface area contributed by atoms with Gasteiger partial charge < -0.3 is 5.32 Å². The number of carbonyl (C=O) groups is 1. The zero-order valence-corrected chi connectivity index (χ0v) is 14.8. The number of carbonyl (C=O) groups excluding carboxylic acids is 1. The Bertz CT molecular complexity index is 974. The Labute approximate surface area is 158 Å². The van der Waals surface area contributed by atoms with Crippen molar-refractivity contribution in [2.45, 2.75) is 13.1 Å². The Hall–Kier alpha value is -2.93. The lowest BCUT2D eigenvalue weighted by atomic mass is 9.99. The number of benzene rings is 2. The Morgan fingerprint density at radius 2 is 1.63 bits per heavy atom. The van der Waals surface area contributed by atoms with E-state index < -0.39 is 17.6 Å². The van der Waals surface area contributed by atoms with Crippen molar-refractivity contribution in [2.24, 2.45) is 0 Å². The SMILES string of the molecule is Cc1nnc(Cl)c(C(=O)Nc2ccc(C(F)(F)F)cc2)c1-c1ccccc1. The van der Waals surface area contributed by atoms with Crippen LogP contribution in [0, 0.1) is 6.92 Å². The highest BCUT2D eigenvalue weighted by Gasteiger charge is 2.30. The molecule has 0 aliphatic carbocycles. The summed E-state index contributed by atoms with van der Waals surface area (Å²) in [4.78, 5) is 12.8. The molecule has 0 radical (unpaired) electrons. The van der Waals surface area contributed by atoms with Crippen LogP contribution in [0.2, 0.25) is 5.15 Å². The molecule has 0 atom stereocenters. The van der Waals surface area contributed by atoms with Gasteiger partial charge in [0.1, 0.15) is 0 Å². The van der Waals surface area contributed by atoms with Gasteiger partial charge in [-0.1, -0.05) is 41.9 Å². The smallest absolute Gasteiger partial charge is 0.322 e. The van der Waals surface area contributed by atoms with Crippen LogP contribution in [0.1, 0.15) is 21.6 Å². The van der Waals surface area contributed by atoms with E-state index in [9.17, 15) is 18.0 Å². The first-order valence-electron chi connectivity index (χ1n) is 7.84. The van der Waals surface area contributed by atoms with Crippen LogP contribution in [0.4, 0.5) is 18.9 Å². The van der Waals surface area contributed by atoms with E-state index in [4.69, 9.17) is 11.6 Å². The lowest BCUT2D eigenvalue weighted by Crippen LogP contribution is -2.16. The van der Waals surface area contributed by atoms with E-state index >= 15 is 0 Å². The van der Waals surface area contributed by atoms with Crippen LogP contribution in [-0.4, -0.2) is 16.1 Å². The van der Waals surface area contributed by atoms with E-state index in [1.165, 1.54) is 12.1 Å². The zero-order chi connectivity index (χ0) is 19.6. The average molecular weight is 392 g/mol. The highest BCUT2D eigenvalue weighted by molar-refractivity contribution is 6.34. The molecule has 8 heteroatoms. The maximum absolute atomic E-state index is 12.8. The fourth-order valence-electron chi connectivity index (χ4n) is 2.60. The normalized spacial score (nSPS) is 11.3.